The van der Waals surface area contributed by atoms with Crippen molar-refractivity contribution in [2.75, 3.05) is 0 Å². The summed E-state index contributed by atoms with van der Waals surface area (Å²) >= 11 is 5.60. The molecule has 7 heteroatoms. The van der Waals surface area contributed by atoms with Crippen molar-refractivity contribution in [2.45, 2.75) is 44.9 Å². The van der Waals surface area contributed by atoms with Crippen LogP contribution in [-0.4, -0.2) is 33.0 Å². The molecule has 196 valence electrons. The Morgan fingerprint density at radius 1 is 0.895 bits per heavy atom. The summed E-state index contributed by atoms with van der Waals surface area (Å²) in [4.78, 5) is 17.1. The van der Waals surface area contributed by atoms with Crippen LogP contribution in [0, 0.1) is 5.92 Å². The molecule has 1 aromatic heterocycles. The van der Waals surface area contributed by atoms with Crippen LogP contribution in [0.25, 0.3) is 0 Å². The van der Waals surface area contributed by atoms with E-state index in [2.05, 4.69) is 29.4 Å². The lowest BCUT2D eigenvalue weighted by atomic mass is 9.90. The summed E-state index contributed by atoms with van der Waals surface area (Å²) < 4.78 is 13.6. The largest absolute Gasteiger partial charge is 0.465 e. The zero-order valence-electron chi connectivity index (χ0n) is 21.5. The average Bonchev–Trinajstić information content (AvgIpc) is 3.48. The molecule has 0 spiro atoms. The molecular weight excluding hydrogens is 494 g/mol. The number of hydrogen-bond acceptors (Lipinski definition) is 5. The molecule has 4 aromatic rings. The van der Waals surface area contributed by atoms with Gasteiger partial charge in [-0.2, -0.15) is 0 Å². The molecule has 3 atom stereocenters. The zero-order valence-corrected chi connectivity index (χ0v) is 22.3. The number of carbonyl (C=O) groups is 1. The lowest BCUT2D eigenvalue weighted by Crippen LogP contribution is -2.48. The SMILES string of the molecule is C[C@@H](Cc1ccccc1)C[C@H](OC(=S)n1ccnc1)[C@H](Cc1ccccc1)NC(=O)OCc1ccccc1. The van der Waals surface area contributed by atoms with Crippen LogP contribution in [-0.2, 0) is 28.9 Å². The minimum atomic E-state index is -0.493. The Labute approximate surface area is 229 Å². The second kappa shape index (κ2) is 14.1. The van der Waals surface area contributed by atoms with Gasteiger partial charge in [0.15, 0.2) is 0 Å². The summed E-state index contributed by atoms with van der Waals surface area (Å²) in [5.41, 5.74) is 3.26. The standard InChI is InChI=1S/C31H33N3O3S/c1-24(19-25-11-5-2-6-12-25)20-29(37-31(38)34-18-17-32-23-34)28(21-26-13-7-3-8-14-26)33-30(35)36-22-27-15-9-4-10-16-27/h2-18,23-24,28-29H,19-22H2,1H3,(H,33,35)/t24-,28-,29-/m0/s1. The normalized spacial score (nSPS) is 13.2. The Balaban J connectivity index is 1.53. The molecule has 3 aromatic carbocycles. The molecule has 38 heavy (non-hydrogen) atoms. The summed E-state index contributed by atoms with van der Waals surface area (Å²) in [6, 6.07) is 29.7. The van der Waals surface area contributed by atoms with Gasteiger partial charge in [-0.25, -0.2) is 9.78 Å². The molecule has 4 rings (SSSR count). The minimum absolute atomic E-state index is 0.189. The first-order chi connectivity index (χ1) is 18.6. The summed E-state index contributed by atoms with van der Waals surface area (Å²) in [7, 11) is 0. The highest BCUT2D eigenvalue weighted by Gasteiger charge is 2.29. The van der Waals surface area contributed by atoms with E-state index in [1.165, 1.54) is 5.56 Å². The molecule has 0 saturated carbocycles. The van der Waals surface area contributed by atoms with Crippen molar-refractivity contribution in [2.24, 2.45) is 5.92 Å². The van der Waals surface area contributed by atoms with Crippen LogP contribution in [0.3, 0.4) is 0 Å². The van der Waals surface area contributed by atoms with E-state index in [0.717, 1.165) is 17.5 Å². The monoisotopic (exact) mass is 527 g/mol. The van der Waals surface area contributed by atoms with Crippen LogP contribution < -0.4 is 5.32 Å². The van der Waals surface area contributed by atoms with E-state index >= 15 is 0 Å². The molecule has 0 bridgehead atoms. The van der Waals surface area contributed by atoms with Gasteiger partial charge < -0.3 is 14.8 Å². The summed E-state index contributed by atoms with van der Waals surface area (Å²) in [6.45, 7) is 2.38. The lowest BCUT2D eigenvalue weighted by Gasteiger charge is -2.31. The van der Waals surface area contributed by atoms with Crippen LogP contribution in [0.15, 0.2) is 110 Å². The van der Waals surface area contributed by atoms with Crippen LogP contribution in [0.5, 0.6) is 0 Å². The highest BCUT2D eigenvalue weighted by Crippen LogP contribution is 2.21. The summed E-state index contributed by atoms with van der Waals surface area (Å²) in [6.07, 6.45) is 6.26. The van der Waals surface area contributed by atoms with E-state index in [-0.39, 0.29) is 23.7 Å². The second-order valence-corrected chi connectivity index (χ2v) is 9.77. The van der Waals surface area contributed by atoms with E-state index in [9.17, 15) is 4.79 Å². The molecule has 0 aliphatic rings. The van der Waals surface area contributed by atoms with Gasteiger partial charge in [0.2, 0.25) is 0 Å². The fraction of sp³-hybridized carbons (Fsp3) is 0.258. The number of carbonyl (C=O) groups excluding carboxylic acids is 1. The molecule has 1 N–H and O–H groups in total. The number of ether oxygens (including phenoxy) is 2. The predicted molar refractivity (Wildman–Crippen MR) is 153 cm³/mol. The highest BCUT2D eigenvalue weighted by atomic mass is 32.1. The van der Waals surface area contributed by atoms with Crippen LogP contribution >= 0.6 is 12.2 Å². The van der Waals surface area contributed by atoms with Crippen molar-refractivity contribution in [3.05, 3.63) is 126 Å². The Morgan fingerprint density at radius 2 is 1.47 bits per heavy atom. The fourth-order valence-corrected chi connectivity index (χ4v) is 4.64. The average molecular weight is 528 g/mol. The second-order valence-electron chi connectivity index (χ2n) is 9.43. The fourth-order valence-electron chi connectivity index (χ4n) is 4.41. The molecular formula is C31H33N3O3S. The van der Waals surface area contributed by atoms with Crippen molar-refractivity contribution in [1.82, 2.24) is 14.9 Å². The lowest BCUT2D eigenvalue weighted by molar-refractivity contribution is 0.0943. The number of thiocarbonyl (C=S) groups is 1. The van der Waals surface area contributed by atoms with E-state index in [1.807, 2.05) is 78.9 Å². The molecule has 0 unspecified atom stereocenters. The van der Waals surface area contributed by atoms with Gasteiger partial charge >= 0.3 is 6.09 Å². The number of imidazole rings is 1. The molecule has 0 aliphatic heterocycles. The molecule has 0 saturated heterocycles. The van der Waals surface area contributed by atoms with Crippen molar-refractivity contribution < 1.29 is 14.3 Å². The Bertz CT molecular complexity index is 1250. The van der Waals surface area contributed by atoms with Gasteiger partial charge in [0.05, 0.1) is 6.04 Å². The van der Waals surface area contributed by atoms with Crippen molar-refractivity contribution in [1.29, 1.82) is 0 Å². The van der Waals surface area contributed by atoms with Gasteiger partial charge in [0.1, 0.15) is 19.0 Å². The van der Waals surface area contributed by atoms with E-state index < -0.39 is 12.2 Å². The van der Waals surface area contributed by atoms with Crippen LogP contribution in [0.2, 0.25) is 0 Å². The number of amides is 1. The number of nitrogens with one attached hydrogen (secondary N) is 1. The maximum Gasteiger partial charge on any atom is 0.407 e. The molecule has 1 heterocycles. The number of aromatic nitrogens is 2. The first-order valence-electron chi connectivity index (χ1n) is 12.8. The van der Waals surface area contributed by atoms with Gasteiger partial charge in [0, 0.05) is 12.4 Å². The molecule has 0 aliphatic carbocycles. The third-order valence-electron chi connectivity index (χ3n) is 6.29. The van der Waals surface area contributed by atoms with Gasteiger partial charge in [-0.05, 0) is 54.1 Å². The van der Waals surface area contributed by atoms with Crippen molar-refractivity contribution >= 4 is 23.5 Å². The Kier molecular flexibility index (Phi) is 10.0. The van der Waals surface area contributed by atoms with Crippen LogP contribution in [0.1, 0.15) is 30.0 Å². The number of rotatable bonds is 11. The predicted octanol–water partition coefficient (Wildman–Crippen LogP) is 6.21. The van der Waals surface area contributed by atoms with E-state index in [1.54, 1.807) is 23.3 Å². The molecule has 1 amide bonds. The quantitative estimate of drug-likeness (QED) is 0.235. The number of benzene rings is 3. The van der Waals surface area contributed by atoms with E-state index in [4.69, 9.17) is 21.7 Å². The topological polar surface area (TPSA) is 65.4 Å². The van der Waals surface area contributed by atoms with Crippen molar-refractivity contribution in [3.8, 4) is 0 Å². The van der Waals surface area contributed by atoms with Crippen molar-refractivity contribution in [3.63, 3.8) is 0 Å². The van der Waals surface area contributed by atoms with Gasteiger partial charge in [0.25, 0.3) is 5.17 Å². The maximum atomic E-state index is 13.0. The summed E-state index contributed by atoms with van der Waals surface area (Å²) in [5.74, 6) is 0.272. The Hall–Kier alpha value is -3.97. The highest BCUT2D eigenvalue weighted by molar-refractivity contribution is 7.80. The van der Waals surface area contributed by atoms with Gasteiger partial charge in [-0.15, -0.1) is 0 Å². The number of hydrogen-bond donors (Lipinski definition) is 1. The van der Waals surface area contributed by atoms with Gasteiger partial charge in [-0.3, -0.25) is 4.57 Å². The first-order valence-corrected chi connectivity index (χ1v) is 13.2. The minimum Gasteiger partial charge on any atom is -0.465 e. The van der Waals surface area contributed by atoms with E-state index in [0.29, 0.717) is 12.8 Å². The van der Waals surface area contributed by atoms with Crippen LogP contribution in [0.4, 0.5) is 4.79 Å². The number of nitrogens with zero attached hydrogens (tertiary/aromatic N) is 2. The smallest absolute Gasteiger partial charge is 0.407 e. The number of alkyl carbamates (subject to hydrolysis) is 1. The third-order valence-corrected chi connectivity index (χ3v) is 6.60. The molecule has 0 fully saturated rings. The summed E-state index contributed by atoms with van der Waals surface area (Å²) in [5, 5.41) is 3.37. The molecule has 0 radical (unpaired) electrons. The Morgan fingerprint density at radius 3 is 2.05 bits per heavy atom. The molecule has 6 nitrogen and oxygen atoms in total. The van der Waals surface area contributed by atoms with Gasteiger partial charge in [-0.1, -0.05) is 97.9 Å². The first kappa shape index (κ1) is 27.1. The third kappa shape index (κ3) is 8.56. The maximum absolute atomic E-state index is 13.0. The zero-order chi connectivity index (χ0) is 26.6.